The molecule has 1 aromatic carbocycles. The van der Waals surface area contributed by atoms with E-state index in [1.54, 1.807) is 19.3 Å². The summed E-state index contributed by atoms with van der Waals surface area (Å²) in [4.78, 5) is 10.4. The summed E-state index contributed by atoms with van der Waals surface area (Å²) < 4.78 is 19.5. The normalized spacial score (nSPS) is 16.5. The Labute approximate surface area is 182 Å². The van der Waals surface area contributed by atoms with E-state index >= 15 is 0 Å². The Morgan fingerprint density at radius 3 is 2.96 bits per heavy atom. The van der Waals surface area contributed by atoms with E-state index in [0.717, 1.165) is 30.2 Å². The molecule has 0 spiro atoms. The number of hydrogen-bond donors (Lipinski definition) is 2. The number of halogens is 2. The summed E-state index contributed by atoms with van der Waals surface area (Å²) in [6.07, 6.45) is 2.52. The summed E-state index contributed by atoms with van der Waals surface area (Å²) >= 11 is 0. The van der Waals surface area contributed by atoms with Gasteiger partial charge in [-0.05, 0) is 43.2 Å². The van der Waals surface area contributed by atoms with E-state index in [1.165, 1.54) is 6.07 Å². The summed E-state index contributed by atoms with van der Waals surface area (Å²) in [6, 6.07) is 11.2. The number of rotatable bonds is 6. The number of anilines is 1. The Morgan fingerprint density at radius 1 is 1.36 bits per heavy atom. The highest BCUT2D eigenvalue weighted by molar-refractivity contribution is 14.0. The molecule has 2 N–H and O–H groups in total. The van der Waals surface area contributed by atoms with Crippen LogP contribution in [0, 0.1) is 5.82 Å². The molecule has 1 aliphatic rings. The highest BCUT2D eigenvalue weighted by Gasteiger charge is 2.25. The first-order valence-electron chi connectivity index (χ1n) is 9.24. The van der Waals surface area contributed by atoms with Gasteiger partial charge in [0.15, 0.2) is 17.6 Å². The molecule has 0 radical (unpaired) electrons. The Kier molecular flexibility index (Phi) is 8.75. The summed E-state index contributed by atoms with van der Waals surface area (Å²) in [5.74, 6) is 1.72. The highest BCUT2D eigenvalue weighted by atomic mass is 127. The van der Waals surface area contributed by atoms with Crippen molar-refractivity contribution in [1.82, 2.24) is 15.6 Å². The van der Waals surface area contributed by atoms with Crippen LogP contribution in [0.3, 0.4) is 0 Å². The third kappa shape index (κ3) is 5.95. The molecule has 152 valence electrons. The second-order valence-corrected chi connectivity index (χ2v) is 6.39. The van der Waals surface area contributed by atoms with Crippen LogP contribution in [0.15, 0.2) is 47.6 Å². The number of nitrogens with zero attached hydrogens (tertiary/aromatic N) is 3. The van der Waals surface area contributed by atoms with Gasteiger partial charge in [0.05, 0.1) is 6.61 Å². The zero-order valence-electron chi connectivity index (χ0n) is 16.2. The lowest BCUT2D eigenvalue weighted by atomic mass is 10.2. The first-order valence-corrected chi connectivity index (χ1v) is 9.24. The predicted molar refractivity (Wildman–Crippen MR) is 121 cm³/mol. The number of guanidine groups is 1. The van der Waals surface area contributed by atoms with E-state index in [1.807, 2.05) is 36.1 Å². The molecule has 1 saturated heterocycles. The average molecular weight is 499 g/mol. The van der Waals surface area contributed by atoms with E-state index in [9.17, 15) is 4.39 Å². The summed E-state index contributed by atoms with van der Waals surface area (Å²) in [6.45, 7) is 4.72. The molecule has 0 bridgehead atoms. The fourth-order valence-corrected chi connectivity index (χ4v) is 3.17. The molecule has 0 aliphatic carbocycles. The number of aromatic nitrogens is 1. The number of benzene rings is 1. The fourth-order valence-electron chi connectivity index (χ4n) is 3.17. The van der Waals surface area contributed by atoms with Gasteiger partial charge in [0, 0.05) is 38.9 Å². The SMILES string of the molecule is CCOc1cccc(CNC(=NC)NC2CCN(c3ncccc3F)C2)c1.I. The lowest BCUT2D eigenvalue weighted by Gasteiger charge is -2.20. The monoisotopic (exact) mass is 499 g/mol. The maximum atomic E-state index is 13.9. The third-order valence-corrected chi connectivity index (χ3v) is 4.46. The molecule has 8 heteroatoms. The highest BCUT2D eigenvalue weighted by Crippen LogP contribution is 2.20. The van der Waals surface area contributed by atoms with Gasteiger partial charge in [0.1, 0.15) is 5.75 Å². The van der Waals surface area contributed by atoms with Gasteiger partial charge in [-0.25, -0.2) is 9.37 Å². The van der Waals surface area contributed by atoms with Crippen LogP contribution < -0.4 is 20.3 Å². The average Bonchev–Trinajstić information content (AvgIpc) is 3.14. The van der Waals surface area contributed by atoms with Crippen molar-refractivity contribution in [2.24, 2.45) is 4.99 Å². The van der Waals surface area contributed by atoms with Crippen LogP contribution in [0.1, 0.15) is 18.9 Å². The third-order valence-electron chi connectivity index (χ3n) is 4.46. The number of pyridine rings is 1. The van der Waals surface area contributed by atoms with Crippen molar-refractivity contribution in [3.8, 4) is 5.75 Å². The Morgan fingerprint density at radius 2 is 2.21 bits per heavy atom. The molecular formula is C20H27FIN5O. The van der Waals surface area contributed by atoms with E-state index in [-0.39, 0.29) is 35.8 Å². The van der Waals surface area contributed by atoms with Crippen LogP contribution in [0.25, 0.3) is 0 Å². The number of nitrogens with one attached hydrogen (secondary N) is 2. The van der Waals surface area contributed by atoms with Gasteiger partial charge in [0.2, 0.25) is 0 Å². The number of ether oxygens (including phenoxy) is 1. The van der Waals surface area contributed by atoms with Crippen molar-refractivity contribution in [2.75, 3.05) is 31.6 Å². The minimum absolute atomic E-state index is 0. The molecule has 1 aliphatic heterocycles. The standard InChI is InChI=1S/C20H26FN5O.HI/c1-3-27-17-7-4-6-15(12-17)13-24-20(22-2)25-16-9-11-26(14-16)19-18(21)8-5-10-23-19;/h4-8,10,12,16H,3,9,11,13-14H2,1-2H3,(H2,22,24,25);1H. The lowest BCUT2D eigenvalue weighted by molar-refractivity contribution is 0.340. The molecule has 6 nitrogen and oxygen atoms in total. The van der Waals surface area contributed by atoms with E-state index in [0.29, 0.717) is 25.5 Å². The van der Waals surface area contributed by atoms with E-state index < -0.39 is 0 Å². The fraction of sp³-hybridized carbons (Fsp3) is 0.400. The van der Waals surface area contributed by atoms with Crippen molar-refractivity contribution in [3.05, 3.63) is 54.0 Å². The van der Waals surface area contributed by atoms with Crippen LogP contribution in [-0.4, -0.2) is 43.7 Å². The van der Waals surface area contributed by atoms with Gasteiger partial charge in [-0.1, -0.05) is 12.1 Å². The zero-order chi connectivity index (χ0) is 19.1. The summed E-state index contributed by atoms with van der Waals surface area (Å²) in [5, 5.41) is 6.73. The van der Waals surface area contributed by atoms with Gasteiger partial charge in [-0.15, -0.1) is 24.0 Å². The largest absolute Gasteiger partial charge is 0.494 e. The topological polar surface area (TPSA) is 61.8 Å². The smallest absolute Gasteiger partial charge is 0.191 e. The van der Waals surface area contributed by atoms with Crippen LogP contribution in [0.2, 0.25) is 0 Å². The predicted octanol–water partition coefficient (Wildman–Crippen LogP) is 3.18. The van der Waals surface area contributed by atoms with Crippen LogP contribution in [-0.2, 0) is 6.54 Å². The van der Waals surface area contributed by atoms with Gasteiger partial charge < -0.3 is 20.3 Å². The van der Waals surface area contributed by atoms with Gasteiger partial charge >= 0.3 is 0 Å². The quantitative estimate of drug-likeness (QED) is 0.363. The first kappa shape index (κ1) is 22.2. The zero-order valence-corrected chi connectivity index (χ0v) is 18.5. The van der Waals surface area contributed by atoms with Crippen LogP contribution in [0.4, 0.5) is 10.2 Å². The van der Waals surface area contributed by atoms with Gasteiger partial charge in [-0.2, -0.15) is 0 Å². The molecule has 28 heavy (non-hydrogen) atoms. The Bertz CT molecular complexity index is 789. The number of aliphatic imine (C=N–C) groups is 1. The van der Waals surface area contributed by atoms with Crippen LogP contribution >= 0.6 is 24.0 Å². The lowest BCUT2D eigenvalue weighted by Crippen LogP contribution is -2.44. The molecule has 0 saturated carbocycles. The summed E-state index contributed by atoms with van der Waals surface area (Å²) in [5.41, 5.74) is 1.12. The van der Waals surface area contributed by atoms with Gasteiger partial charge in [0.25, 0.3) is 0 Å². The Balaban J connectivity index is 0.00000280. The molecule has 2 heterocycles. The van der Waals surface area contributed by atoms with E-state index in [4.69, 9.17) is 4.74 Å². The molecule has 1 unspecified atom stereocenters. The van der Waals surface area contributed by atoms with E-state index in [2.05, 4.69) is 20.6 Å². The molecule has 1 fully saturated rings. The van der Waals surface area contributed by atoms with Crippen molar-refractivity contribution in [2.45, 2.75) is 25.9 Å². The van der Waals surface area contributed by atoms with Crippen molar-refractivity contribution in [3.63, 3.8) is 0 Å². The second kappa shape index (κ2) is 11.0. The molecule has 1 atom stereocenters. The maximum absolute atomic E-state index is 13.9. The molecule has 2 aromatic rings. The number of hydrogen-bond acceptors (Lipinski definition) is 4. The van der Waals surface area contributed by atoms with Gasteiger partial charge in [-0.3, -0.25) is 4.99 Å². The second-order valence-electron chi connectivity index (χ2n) is 6.39. The van der Waals surface area contributed by atoms with Crippen molar-refractivity contribution < 1.29 is 9.13 Å². The summed E-state index contributed by atoms with van der Waals surface area (Å²) in [7, 11) is 1.75. The maximum Gasteiger partial charge on any atom is 0.191 e. The molecule has 1 aromatic heterocycles. The minimum atomic E-state index is -0.283. The van der Waals surface area contributed by atoms with Crippen molar-refractivity contribution >= 4 is 35.8 Å². The van der Waals surface area contributed by atoms with Crippen LogP contribution in [0.5, 0.6) is 5.75 Å². The van der Waals surface area contributed by atoms with Crippen molar-refractivity contribution in [1.29, 1.82) is 0 Å². The Hall–Kier alpha value is -2.10. The first-order chi connectivity index (χ1) is 13.2. The molecule has 3 rings (SSSR count). The minimum Gasteiger partial charge on any atom is -0.494 e. The molecular weight excluding hydrogens is 472 g/mol. The molecule has 0 amide bonds.